The molecule has 1 rings (SSSR count). The quantitative estimate of drug-likeness (QED) is 0.669. The lowest BCUT2D eigenvalue weighted by atomic mass is 10.0. The van der Waals surface area contributed by atoms with Gasteiger partial charge in [0.2, 0.25) is 0 Å². The molecule has 15 heavy (non-hydrogen) atoms. The molecular formula is C12H26N2O. The van der Waals surface area contributed by atoms with Crippen LogP contribution in [0.3, 0.4) is 0 Å². The molecule has 3 nitrogen and oxygen atoms in total. The van der Waals surface area contributed by atoms with Crippen LogP contribution < -0.4 is 5.32 Å². The van der Waals surface area contributed by atoms with Gasteiger partial charge in [-0.25, -0.2) is 0 Å². The maximum absolute atomic E-state index is 9.00. The van der Waals surface area contributed by atoms with E-state index in [9.17, 15) is 0 Å². The summed E-state index contributed by atoms with van der Waals surface area (Å²) in [5.74, 6) is 0. The molecule has 0 aliphatic carbocycles. The van der Waals surface area contributed by atoms with Gasteiger partial charge in [-0.05, 0) is 32.4 Å². The van der Waals surface area contributed by atoms with E-state index in [2.05, 4.69) is 17.1 Å². The Morgan fingerprint density at radius 3 is 2.80 bits per heavy atom. The van der Waals surface area contributed by atoms with E-state index in [1.807, 2.05) is 0 Å². The van der Waals surface area contributed by atoms with E-state index in [0.717, 1.165) is 19.6 Å². The Bertz CT molecular complexity index is 147. The molecule has 1 aliphatic heterocycles. The lowest BCUT2D eigenvalue weighted by Crippen LogP contribution is -2.44. The second-order valence-corrected chi connectivity index (χ2v) is 4.52. The second-order valence-electron chi connectivity index (χ2n) is 4.52. The minimum absolute atomic E-state index is 0.288. The molecule has 0 aromatic rings. The number of nitrogens with one attached hydrogen (secondary N) is 1. The Morgan fingerprint density at radius 1 is 1.33 bits per heavy atom. The van der Waals surface area contributed by atoms with E-state index in [-0.39, 0.29) is 6.61 Å². The van der Waals surface area contributed by atoms with Gasteiger partial charge in [0.15, 0.2) is 0 Å². The maximum Gasteiger partial charge on any atom is 0.0558 e. The molecule has 0 bridgehead atoms. The van der Waals surface area contributed by atoms with Gasteiger partial charge in [0.1, 0.15) is 0 Å². The van der Waals surface area contributed by atoms with Crippen LogP contribution in [0.25, 0.3) is 0 Å². The molecule has 0 radical (unpaired) electrons. The standard InChI is InChI=1S/C12H26N2O/c1-2-3-8-14(9-10-15)11-12-6-4-5-7-13-12/h12-13,15H,2-11H2,1H3. The van der Waals surface area contributed by atoms with Gasteiger partial charge in [-0.15, -0.1) is 0 Å². The van der Waals surface area contributed by atoms with Crippen molar-refractivity contribution in [1.29, 1.82) is 0 Å². The van der Waals surface area contributed by atoms with Crippen molar-refractivity contribution in [1.82, 2.24) is 10.2 Å². The largest absolute Gasteiger partial charge is 0.395 e. The molecule has 0 spiro atoms. The monoisotopic (exact) mass is 214 g/mol. The Morgan fingerprint density at radius 2 is 2.20 bits per heavy atom. The molecule has 0 aromatic heterocycles. The topological polar surface area (TPSA) is 35.5 Å². The summed E-state index contributed by atoms with van der Waals surface area (Å²) in [6.45, 7) is 6.76. The molecule has 0 saturated carbocycles. The van der Waals surface area contributed by atoms with Gasteiger partial charge in [-0.3, -0.25) is 4.90 Å². The van der Waals surface area contributed by atoms with Gasteiger partial charge < -0.3 is 10.4 Å². The number of nitrogens with zero attached hydrogens (tertiary/aromatic N) is 1. The first kappa shape index (κ1) is 12.9. The van der Waals surface area contributed by atoms with Crippen molar-refractivity contribution in [3.8, 4) is 0 Å². The normalized spacial score (nSPS) is 22.2. The van der Waals surface area contributed by atoms with E-state index in [4.69, 9.17) is 5.11 Å². The molecule has 1 atom stereocenters. The minimum atomic E-state index is 0.288. The SMILES string of the molecule is CCCCN(CCO)CC1CCCCN1. The van der Waals surface area contributed by atoms with Crippen LogP contribution in [0.4, 0.5) is 0 Å². The van der Waals surface area contributed by atoms with Gasteiger partial charge in [0.25, 0.3) is 0 Å². The van der Waals surface area contributed by atoms with Crippen molar-refractivity contribution in [2.24, 2.45) is 0 Å². The van der Waals surface area contributed by atoms with Crippen LogP contribution >= 0.6 is 0 Å². The van der Waals surface area contributed by atoms with Gasteiger partial charge in [0.05, 0.1) is 6.61 Å². The van der Waals surface area contributed by atoms with Crippen LogP contribution in [0.15, 0.2) is 0 Å². The van der Waals surface area contributed by atoms with E-state index < -0.39 is 0 Å². The fourth-order valence-electron chi connectivity index (χ4n) is 2.21. The van der Waals surface area contributed by atoms with Crippen molar-refractivity contribution >= 4 is 0 Å². The summed E-state index contributed by atoms with van der Waals surface area (Å²) in [4.78, 5) is 2.40. The number of piperidine rings is 1. The van der Waals surface area contributed by atoms with Crippen LogP contribution in [-0.2, 0) is 0 Å². The predicted octanol–water partition coefficient (Wildman–Crippen LogP) is 1.22. The summed E-state index contributed by atoms with van der Waals surface area (Å²) in [5, 5.41) is 12.6. The highest BCUT2D eigenvalue weighted by Crippen LogP contribution is 2.08. The average Bonchev–Trinajstić information content (AvgIpc) is 2.28. The van der Waals surface area contributed by atoms with E-state index in [0.29, 0.717) is 6.04 Å². The molecule has 1 heterocycles. The average molecular weight is 214 g/mol. The number of unbranched alkanes of at least 4 members (excludes halogenated alkanes) is 1. The molecule has 1 unspecified atom stereocenters. The van der Waals surface area contributed by atoms with Gasteiger partial charge in [0, 0.05) is 19.1 Å². The van der Waals surface area contributed by atoms with Crippen LogP contribution in [0.1, 0.15) is 39.0 Å². The third-order valence-electron chi connectivity index (χ3n) is 3.14. The van der Waals surface area contributed by atoms with Gasteiger partial charge >= 0.3 is 0 Å². The van der Waals surface area contributed by atoms with Crippen molar-refractivity contribution in [2.45, 2.75) is 45.1 Å². The molecule has 2 N–H and O–H groups in total. The summed E-state index contributed by atoms with van der Waals surface area (Å²) < 4.78 is 0. The summed E-state index contributed by atoms with van der Waals surface area (Å²) in [7, 11) is 0. The van der Waals surface area contributed by atoms with Crippen molar-refractivity contribution in [3.05, 3.63) is 0 Å². The summed E-state index contributed by atoms with van der Waals surface area (Å²) in [6, 6.07) is 0.655. The van der Waals surface area contributed by atoms with Crippen molar-refractivity contribution in [3.63, 3.8) is 0 Å². The molecule has 1 aliphatic rings. The highest BCUT2D eigenvalue weighted by Gasteiger charge is 2.15. The summed E-state index contributed by atoms with van der Waals surface area (Å²) in [5.41, 5.74) is 0. The van der Waals surface area contributed by atoms with E-state index in [1.165, 1.54) is 38.6 Å². The minimum Gasteiger partial charge on any atom is -0.395 e. The number of hydrogen-bond donors (Lipinski definition) is 2. The van der Waals surface area contributed by atoms with Crippen LogP contribution in [0.5, 0.6) is 0 Å². The van der Waals surface area contributed by atoms with E-state index >= 15 is 0 Å². The maximum atomic E-state index is 9.00. The van der Waals surface area contributed by atoms with Gasteiger partial charge in [-0.2, -0.15) is 0 Å². The number of aliphatic hydroxyl groups is 1. The fraction of sp³-hybridized carbons (Fsp3) is 1.00. The molecule has 3 heteroatoms. The van der Waals surface area contributed by atoms with Gasteiger partial charge in [-0.1, -0.05) is 19.8 Å². The fourth-order valence-corrected chi connectivity index (χ4v) is 2.21. The predicted molar refractivity (Wildman–Crippen MR) is 64.1 cm³/mol. The number of aliphatic hydroxyl groups excluding tert-OH is 1. The highest BCUT2D eigenvalue weighted by molar-refractivity contribution is 4.76. The molecular weight excluding hydrogens is 188 g/mol. The molecule has 1 fully saturated rings. The lowest BCUT2D eigenvalue weighted by molar-refractivity contribution is 0.172. The molecule has 1 saturated heterocycles. The summed E-state index contributed by atoms with van der Waals surface area (Å²) in [6.07, 6.45) is 6.46. The highest BCUT2D eigenvalue weighted by atomic mass is 16.3. The zero-order valence-electron chi connectivity index (χ0n) is 10.0. The third kappa shape index (κ3) is 5.50. The number of rotatable bonds is 7. The molecule has 0 aromatic carbocycles. The Labute approximate surface area is 93.9 Å². The third-order valence-corrected chi connectivity index (χ3v) is 3.14. The van der Waals surface area contributed by atoms with Crippen LogP contribution in [0, 0.1) is 0 Å². The first-order chi connectivity index (χ1) is 7.36. The Hall–Kier alpha value is -0.120. The first-order valence-electron chi connectivity index (χ1n) is 6.43. The lowest BCUT2D eigenvalue weighted by Gasteiger charge is -2.30. The Balaban J connectivity index is 2.21. The number of hydrogen-bond acceptors (Lipinski definition) is 3. The van der Waals surface area contributed by atoms with E-state index in [1.54, 1.807) is 0 Å². The molecule has 0 amide bonds. The smallest absolute Gasteiger partial charge is 0.0558 e. The van der Waals surface area contributed by atoms with Crippen molar-refractivity contribution in [2.75, 3.05) is 32.8 Å². The second kappa shape index (κ2) is 8.08. The first-order valence-corrected chi connectivity index (χ1v) is 6.43. The molecule has 90 valence electrons. The zero-order valence-corrected chi connectivity index (χ0v) is 10.0. The van der Waals surface area contributed by atoms with Crippen LogP contribution in [0.2, 0.25) is 0 Å². The Kier molecular flexibility index (Phi) is 6.98. The van der Waals surface area contributed by atoms with Crippen molar-refractivity contribution < 1.29 is 5.11 Å². The zero-order chi connectivity index (χ0) is 10.9. The summed E-state index contributed by atoms with van der Waals surface area (Å²) >= 11 is 0. The van der Waals surface area contributed by atoms with Crippen LogP contribution in [-0.4, -0.2) is 48.8 Å².